The third-order valence-corrected chi connectivity index (χ3v) is 5.22. The van der Waals surface area contributed by atoms with E-state index in [1.165, 1.54) is 38.5 Å². The van der Waals surface area contributed by atoms with Gasteiger partial charge in [0, 0.05) is 31.7 Å². The molecule has 116 valence electrons. The van der Waals surface area contributed by atoms with Crippen molar-refractivity contribution in [2.24, 2.45) is 11.8 Å². The van der Waals surface area contributed by atoms with Gasteiger partial charge in [-0.25, -0.2) is 9.97 Å². The van der Waals surface area contributed by atoms with E-state index in [1.54, 1.807) is 12.5 Å². The van der Waals surface area contributed by atoms with Crippen LogP contribution in [0.2, 0.25) is 0 Å². The van der Waals surface area contributed by atoms with Crippen LogP contribution in [0.25, 0.3) is 5.82 Å². The van der Waals surface area contributed by atoms with Crippen LogP contribution in [-0.2, 0) is 0 Å². The Morgan fingerprint density at radius 3 is 2.73 bits per heavy atom. The third kappa shape index (κ3) is 2.72. The van der Waals surface area contributed by atoms with Gasteiger partial charge in [-0.2, -0.15) is 4.98 Å². The molecule has 0 aromatic carbocycles. The summed E-state index contributed by atoms with van der Waals surface area (Å²) in [6, 6.07) is 1.93. The quantitative estimate of drug-likeness (QED) is 0.873. The minimum atomic E-state index is 0.834. The van der Waals surface area contributed by atoms with Crippen molar-refractivity contribution in [3.05, 3.63) is 31.0 Å². The molecular weight excluding hydrogens is 274 g/mol. The molecule has 2 fully saturated rings. The molecule has 5 heteroatoms. The summed E-state index contributed by atoms with van der Waals surface area (Å²) in [5.74, 6) is 3.52. The standard InChI is InChI=1S/C17H23N5/c1-2-4-14(5-3-1)15-7-10-21(12-15)17-19-8-6-16(20-17)22-11-9-18-13-22/h6,8-9,11,13-15H,1-5,7,10,12H2. The van der Waals surface area contributed by atoms with Crippen molar-refractivity contribution < 1.29 is 0 Å². The molecule has 0 spiro atoms. The fourth-order valence-corrected chi connectivity index (χ4v) is 3.99. The number of hydrogen-bond acceptors (Lipinski definition) is 4. The van der Waals surface area contributed by atoms with Gasteiger partial charge >= 0.3 is 0 Å². The molecule has 0 amide bonds. The Morgan fingerprint density at radius 2 is 1.91 bits per heavy atom. The topological polar surface area (TPSA) is 46.8 Å². The van der Waals surface area contributed by atoms with Crippen LogP contribution >= 0.6 is 0 Å². The lowest BCUT2D eigenvalue weighted by Crippen LogP contribution is -2.25. The molecule has 3 heterocycles. The second-order valence-electron chi connectivity index (χ2n) is 6.58. The van der Waals surface area contributed by atoms with E-state index in [1.807, 2.05) is 23.0 Å². The number of hydrogen-bond donors (Lipinski definition) is 0. The van der Waals surface area contributed by atoms with Gasteiger partial charge in [-0.05, 0) is 24.3 Å². The van der Waals surface area contributed by atoms with Crippen LogP contribution < -0.4 is 4.90 Å². The summed E-state index contributed by atoms with van der Waals surface area (Å²) in [6.45, 7) is 2.21. The maximum atomic E-state index is 4.71. The minimum absolute atomic E-state index is 0.834. The van der Waals surface area contributed by atoms with Gasteiger partial charge in [-0.3, -0.25) is 4.57 Å². The maximum absolute atomic E-state index is 4.71. The molecule has 1 atom stereocenters. The fraction of sp³-hybridized carbons (Fsp3) is 0.588. The van der Waals surface area contributed by atoms with Gasteiger partial charge in [0.25, 0.3) is 0 Å². The molecule has 2 aliphatic rings. The monoisotopic (exact) mass is 297 g/mol. The molecule has 2 aromatic heterocycles. The number of anilines is 1. The van der Waals surface area contributed by atoms with Crippen LogP contribution in [0.15, 0.2) is 31.0 Å². The molecule has 1 aliphatic heterocycles. The van der Waals surface area contributed by atoms with Crippen LogP contribution in [-0.4, -0.2) is 32.6 Å². The van der Waals surface area contributed by atoms with Crippen molar-refractivity contribution >= 4 is 5.95 Å². The first-order valence-electron chi connectivity index (χ1n) is 8.46. The SMILES string of the molecule is c1cn(-c2ccnc(N3CCC(C4CCCCC4)C3)n2)cn1. The zero-order valence-electron chi connectivity index (χ0n) is 12.9. The van der Waals surface area contributed by atoms with Crippen LogP contribution in [0.4, 0.5) is 5.95 Å². The van der Waals surface area contributed by atoms with E-state index >= 15 is 0 Å². The molecule has 1 aliphatic carbocycles. The molecule has 4 rings (SSSR count). The molecule has 0 bridgehead atoms. The first-order chi connectivity index (χ1) is 10.9. The van der Waals surface area contributed by atoms with E-state index in [9.17, 15) is 0 Å². The first kappa shape index (κ1) is 13.7. The molecular formula is C17H23N5. The highest BCUT2D eigenvalue weighted by molar-refractivity contribution is 5.36. The normalized spacial score (nSPS) is 23.1. The van der Waals surface area contributed by atoms with E-state index < -0.39 is 0 Å². The maximum Gasteiger partial charge on any atom is 0.227 e. The average molecular weight is 297 g/mol. The number of nitrogens with zero attached hydrogens (tertiary/aromatic N) is 5. The van der Waals surface area contributed by atoms with Crippen molar-refractivity contribution in [2.45, 2.75) is 38.5 Å². The Labute approximate surface area is 131 Å². The van der Waals surface area contributed by atoms with Gasteiger partial charge in [0.05, 0.1) is 0 Å². The first-order valence-corrected chi connectivity index (χ1v) is 8.46. The van der Waals surface area contributed by atoms with Crippen LogP contribution in [0.1, 0.15) is 38.5 Å². The van der Waals surface area contributed by atoms with Crippen LogP contribution in [0, 0.1) is 11.8 Å². The lowest BCUT2D eigenvalue weighted by Gasteiger charge is -2.27. The van der Waals surface area contributed by atoms with Gasteiger partial charge in [0.1, 0.15) is 12.1 Å². The Balaban J connectivity index is 1.47. The Kier molecular flexibility index (Phi) is 3.79. The zero-order chi connectivity index (χ0) is 14.8. The summed E-state index contributed by atoms with van der Waals surface area (Å²) in [6.07, 6.45) is 15.8. The van der Waals surface area contributed by atoms with E-state index in [-0.39, 0.29) is 0 Å². The molecule has 1 saturated heterocycles. The molecule has 5 nitrogen and oxygen atoms in total. The predicted octanol–water partition coefficient (Wildman–Crippen LogP) is 3.07. The Bertz CT molecular complexity index is 603. The second kappa shape index (κ2) is 6.07. The van der Waals surface area contributed by atoms with Crippen LogP contribution in [0.5, 0.6) is 0 Å². The largest absolute Gasteiger partial charge is 0.340 e. The summed E-state index contributed by atoms with van der Waals surface area (Å²) in [5.41, 5.74) is 0. The number of imidazole rings is 1. The van der Waals surface area contributed by atoms with Gasteiger partial charge in [-0.15, -0.1) is 0 Å². The Morgan fingerprint density at radius 1 is 1.00 bits per heavy atom. The van der Waals surface area contributed by atoms with Crippen molar-refractivity contribution in [2.75, 3.05) is 18.0 Å². The van der Waals surface area contributed by atoms with E-state index in [0.29, 0.717) is 0 Å². The van der Waals surface area contributed by atoms with Crippen molar-refractivity contribution in [3.63, 3.8) is 0 Å². The fourth-order valence-electron chi connectivity index (χ4n) is 3.99. The van der Waals surface area contributed by atoms with Gasteiger partial charge in [0.2, 0.25) is 5.95 Å². The molecule has 0 N–H and O–H groups in total. The zero-order valence-corrected chi connectivity index (χ0v) is 12.9. The molecule has 22 heavy (non-hydrogen) atoms. The Hall–Kier alpha value is -1.91. The van der Waals surface area contributed by atoms with E-state index in [2.05, 4.69) is 14.9 Å². The molecule has 0 radical (unpaired) electrons. The third-order valence-electron chi connectivity index (χ3n) is 5.22. The van der Waals surface area contributed by atoms with E-state index in [4.69, 9.17) is 4.98 Å². The summed E-state index contributed by atoms with van der Waals surface area (Å²) in [7, 11) is 0. The molecule has 1 saturated carbocycles. The van der Waals surface area contributed by atoms with Crippen molar-refractivity contribution in [1.29, 1.82) is 0 Å². The second-order valence-corrected chi connectivity index (χ2v) is 6.58. The van der Waals surface area contributed by atoms with Crippen molar-refractivity contribution in [3.8, 4) is 5.82 Å². The van der Waals surface area contributed by atoms with E-state index in [0.717, 1.165) is 36.7 Å². The van der Waals surface area contributed by atoms with Gasteiger partial charge in [0.15, 0.2) is 0 Å². The molecule has 1 unspecified atom stereocenters. The lowest BCUT2D eigenvalue weighted by molar-refractivity contribution is 0.264. The highest BCUT2D eigenvalue weighted by Gasteiger charge is 2.31. The average Bonchev–Trinajstić information content (AvgIpc) is 3.28. The molecule has 2 aromatic rings. The highest BCUT2D eigenvalue weighted by atomic mass is 15.3. The summed E-state index contributed by atoms with van der Waals surface area (Å²) in [5, 5.41) is 0. The smallest absolute Gasteiger partial charge is 0.227 e. The van der Waals surface area contributed by atoms with Crippen molar-refractivity contribution in [1.82, 2.24) is 19.5 Å². The lowest BCUT2D eigenvalue weighted by atomic mass is 9.80. The minimum Gasteiger partial charge on any atom is -0.340 e. The summed E-state index contributed by atoms with van der Waals surface area (Å²) >= 11 is 0. The highest BCUT2D eigenvalue weighted by Crippen LogP contribution is 2.35. The predicted molar refractivity (Wildman–Crippen MR) is 86.0 cm³/mol. The van der Waals surface area contributed by atoms with Gasteiger partial charge in [-0.1, -0.05) is 32.1 Å². The number of rotatable bonds is 3. The number of aromatic nitrogens is 4. The summed E-state index contributed by atoms with van der Waals surface area (Å²) < 4.78 is 1.93. The van der Waals surface area contributed by atoms with Crippen LogP contribution in [0.3, 0.4) is 0 Å². The van der Waals surface area contributed by atoms with Gasteiger partial charge < -0.3 is 4.90 Å². The summed E-state index contributed by atoms with van der Waals surface area (Å²) in [4.78, 5) is 15.7.